The average Bonchev–Trinajstić information content (AvgIpc) is 3.20. The summed E-state index contributed by atoms with van der Waals surface area (Å²) in [6.07, 6.45) is 2.42. The summed E-state index contributed by atoms with van der Waals surface area (Å²) in [5.74, 6) is -0.367. The van der Waals surface area contributed by atoms with Crippen molar-refractivity contribution in [3.05, 3.63) is 53.0 Å². The molecule has 0 radical (unpaired) electrons. The van der Waals surface area contributed by atoms with Gasteiger partial charge < -0.3 is 4.74 Å². The van der Waals surface area contributed by atoms with Crippen molar-refractivity contribution >= 4 is 22.4 Å². The number of aromatic nitrogens is 3. The Morgan fingerprint density at radius 1 is 1.36 bits per heavy atom. The predicted molar refractivity (Wildman–Crippen MR) is 94.1 cm³/mol. The first-order chi connectivity index (χ1) is 12.1. The number of carbonyl (C=O) groups is 1. The number of amides is 1. The second-order valence-electron chi connectivity index (χ2n) is 5.36. The van der Waals surface area contributed by atoms with E-state index in [9.17, 15) is 9.18 Å². The van der Waals surface area contributed by atoms with E-state index in [4.69, 9.17) is 4.74 Å². The standard InChI is InChI=1S/C17H17FN4O2S/c1-3-8-24-14-9-22(13-6-4-12(18)5-7-13)21-15(14)16(23)20-17-19-11(2)10-25-17/h4-7,9-10H,3,8H2,1-2H3,(H,19,20,23). The molecule has 1 aromatic carbocycles. The van der Waals surface area contributed by atoms with E-state index in [1.54, 1.807) is 18.3 Å². The molecule has 0 spiro atoms. The van der Waals surface area contributed by atoms with Crippen LogP contribution in [0, 0.1) is 12.7 Å². The number of benzene rings is 1. The van der Waals surface area contributed by atoms with E-state index in [0.29, 0.717) is 23.2 Å². The molecule has 25 heavy (non-hydrogen) atoms. The fourth-order valence-corrected chi connectivity index (χ4v) is 2.81. The summed E-state index contributed by atoms with van der Waals surface area (Å²) in [5, 5.41) is 9.37. The predicted octanol–water partition coefficient (Wildman–Crippen LogP) is 3.82. The van der Waals surface area contributed by atoms with E-state index in [-0.39, 0.29) is 11.5 Å². The summed E-state index contributed by atoms with van der Waals surface area (Å²) in [4.78, 5) is 16.8. The molecular weight excluding hydrogens is 343 g/mol. The third kappa shape index (κ3) is 4.03. The van der Waals surface area contributed by atoms with Crippen LogP contribution in [-0.2, 0) is 0 Å². The molecule has 8 heteroatoms. The fourth-order valence-electron chi connectivity index (χ4n) is 2.13. The molecule has 0 unspecified atom stereocenters. The zero-order valence-electron chi connectivity index (χ0n) is 13.8. The molecule has 1 N–H and O–H groups in total. The van der Waals surface area contributed by atoms with Gasteiger partial charge >= 0.3 is 0 Å². The number of aryl methyl sites for hydroxylation is 1. The Hall–Kier alpha value is -2.74. The van der Waals surface area contributed by atoms with Crippen molar-refractivity contribution in [3.63, 3.8) is 0 Å². The van der Waals surface area contributed by atoms with Gasteiger partial charge in [-0.15, -0.1) is 11.3 Å². The van der Waals surface area contributed by atoms with Crippen molar-refractivity contribution in [2.45, 2.75) is 20.3 Å². The minimum absolute atomic E-state index is 0.158. The van der Waals surface area contributed by atoms with Crippen molar-refractivity contribution < 1.29 is 13.9 Å². The number of rotatable bonds is 6. The summed E-state index contributed by atoms with van der Waals surface area (Å²) < 4.78 is 20.2. The van der Waals surface area contributed by atoms with Crippen LogP contribution in [0.15, 0.2) is 35.8 Å². The zero-order chi connectivity index (χ0) is 17.8. The average molecular weight is 360 g/mol. The van der Waals surface area contributed by atoms with Crippen molar-refractivity contribution in [3.8, 4) is 11.4 Å². The van der Waals surface area contributed by atoms with Crippen LogP contribution >= 0.6 is 11.3 Å². The smallest absolute Gasteiger partial charge is 0.281 e. The molecule has 3 aromatic rings. The van der Waals surface area contributed by atoms with Crippen LogP contribution in [-0.4, -0.2) is 27.3 Å². The number of anilines is 1. The van der Waals surface area contributed by atoms with Crippen molar-refractivity contribution in [1.29, 1.82) is 0 Å². The van der Waals surface area contributed by atoms with E-state index in [0.717, 1.165) is 12.1 Å². The first-order valence-electron chi connectivity index (χ1n) is 7.78. The molecule has 0 saturated carbocycles. The van der Waals surface area contributed by atoms with Crippen molar-refractivity contribution in [1.82, 2.24) is 14.8 Å². The summed E-state index contributed by atoms with van der Waals surface area (Å²) in [6.45, 7) is 4.29. The number of halogens is 1. The lowest BCUT2D eigenvalue weighted by molar-refractivity contribution is 0.101. The van der Waals surface area contributed by atoms with Crippen LogP contribution in [0.3, 0.4) is 0 Å². The molecule has 2 aromatic heterocycles. The van der Waals surface area contributed by atoms with Gasteiger partial charge in [0.15, 0.2) is 16.6 Å². The summed E-state index contributed by atoms with van der Waals surface area (Å²) in [6, 6.07) is 5.83. The number of nitrogens with zero attached hydrogens (tertiary/aromatic N) is 3. The Balaban J connectivity index is 1.90. The van der Waals surface area contributed by atoms with Gasteiger partial charge in [0.25, 0.3) is 5.91 Å². The van der Waals surface area contributed by atoms with Crippen LogP contribution in [0.2, 0.25) is 0 Å². The monoisotopic (exact) mass is 360 g/mol. The highest BCUT2D eigenvalue weighted by atomic mass is 32.1. The van der Waals surface area contributed by atoms with Gasteiger partial charge in [-0.25, -0.2) is 14.1 Å². The van der Waals surface area contributed by atoms with Crippen LogP contribution in [0.5, 0.6) is 5.75 Å². The molecular formula is C17H17FN4O2S. The molecule has 0 aliphatic heterocycles. The quantitative estimate of drug-likeness (QED) is 0.726. The van der Waals surface area contributed by atoms with Gasteiger partial charge in [0.05, 0.1) is 24.2 Å². The Bertz CT molecular complexity index is 873. The van der Waals surface area contributed by atoms with Gasteiger partial charge in [-0.05, 0) is 37.6 Å². The first kappa shape index (κ1) is 17.1. The van der Waals surface area contributed by atoms with E-state index >= 15 is 0 Å². The first-order valence-corrected chi connectivity index (χ1v) is 8.66. The van der Waals surface area contributed by atoms with Gasteiger partial charge in [-0.2, -0.15) is 5.10 Å². The van der Waals surface area contributed by atoms with Gasteiger partial charge in [0.2, 0.25) is 0 Å². The third-order valence-electron chi connectivity index (χ3n) is 3.29. The third-order valence-corrected chi connectivity index (χ3v) is 4.16. The molecule has 130 valence electrons. The Kier molecular flexibility index (Phi) is 5.08. The second-order valence-corrected chi connectivity index (χ2v) is 6.22. The molecule has 0 aliphatic carbocycles. The molecule has 6 nitrogen and oxygen atoms in total. The maximum absolute atomic E-state index is 13.1. The fraction of sp³-hybridized carbons (Fsp3) is 0.235. The van der Waals surface area contributed by atoms with Gasteiger partial charge in [-0.1, -0.05) is 6.92 Å². The molecule has 0 bridgehead atoms. The van der Waals surface area contributed by atoms with Gasteiger partial charge in [0.1, 0.15) is 5.82 Å². The highest BCUT2D eigenvalue weighted by Crippen LogP contribution is 2.23. The zero-order valence-corrected chi connectivity index (χ0v) is 14.6. The number of carbonyl (C=O) groups excluding carboxylic acids is 1. The van der Waals surface area contributed by atoms with E-state index in [2.05, 4.69) is 15.4 Å². The molecule has 2 heterocycles. The molecule has 1 amide bonds. The number of ether oxygens (including phenoxy) is 1. The Labute approximate surface area is 148 Å². The minimum Gasteiger partial charge on any atom is -0.489 e. The number of nitrogens with one attached hydrogen (secondary N) is 1. The van der Waals surface area contributed by atoms with Crippen LogP contribution in [0.1, 0.15) is 29.5 Å². The molecule has 3 rings (SSSR count). The largest absolute Gasteiger partial charge is 0.489 e. The van der Waals surface area contributed by atoms with Crippen LogP contribution in [0.25, 0.3) is 5.69 Å². The molecule has 0 fully saturated rings. The summed E-state index contributed by atoms with van der Waals surface area (Å²) in [5.41, 5.74) is 1.62. The lowest BCUT2D eigenvalue weighted by Crippen LogP contribution is -2.14. The summed E-state index contributed by atoms with van der Waals surface area (Å²) in [7, 11) is 0. The maximum atomic E-state index is 13.1. The van der Waals surface area contributed by atoms with Crippen molar-refractivity contribution in [2.24, 2.45) is 0 Å². The number of thiazole rings is 1. The van der Waals surface area contributed by atoms with Crippen molar-refractivity contribution in [2.75, 3.05) is 11.9 Å². The number of hydrogen-bond acceptors (Lipinski definition) is 5. The van der Waals surface area contributed by atoms with Gasteiger partial charge in [0, 0.05) is 5.38 Å². The summed E-state index contributed by atoms with van der Waals surface area (Å²) >= 11 is 1.34. The van der Waals surface area contributed by atoms with Gasteiger partial charge in [-0.3, -0.25) is 10.1 Å². The second kappa shape index (κ2) is 7.43. The van der Waals surface area contributed by atoms with Crippen LogP contribution < -0.4 is 10.1 Å². The molecule has 0 atom stereocenters. The highest BCUT2D eigenvalue weighted by Gasteiger charge is 2.20. The minimum atomic E-state index is -0.402. The topological polar surface area (TPSA) is 69.0 Å². The molecule has 0 aliphatic rings. The van der Waals surface area contributed by atoms with E-state index in [1.807, 2.05) is 19.2 Å². The highest BCUT2D eigenvalue weighted by molar-refractivity contribution is 7.13. The molecule has 0 saturated heterocycles. The Morgan fingerprint density at radius 3 is 2.76 bits per heavy atom. The normalized spacial score (nSPS) is 10.7. The lowest BCUT2D eigenvalue weighted by Gasteiger charge is -2.03. The van der Waals surface area contributed by atoms with E-state index < -0.39 is 5.91 Å². The Morgan fingerprint density at radius 2 is 2.12 bits per heavy atom. The van der Waals surface area contributed by atoms with Crippen LogP contribution in [0.4, 0.5) is 9.52 Å². The maximum Gasteiger partial charge on any atom is 0.281 e. The SMILES string of the molecule is CCCOc1cn(-c2ccc(F)cc2)nc1C(=O)Nc1nc(C)cs1. The lowest BCUT2D eigenvalue weighted by atomic mass is 10.3. The van der Waals surface area contributed by atoms with E-state index in [1.165, 1.54) is 28.2 Å². The number of hydrogen-bond donors (Lipinski definition) is 1.